The first-order valence-electron chi connectivity index (χ1n) is 4.89. The van der Waals surface area contributed by atoms with Crippen LogP contribution in [0.1, 0.15) is 16.1 Å². The zero-order valence-corrected chi connectivity index (χ0v) is 9.14. The molecule has 82 valence electrons. The molecule has 0 radical (unpaired) electrons. The van der Waals surface area contributed by atoms with Gasteiger partial charge in [-0.05, 0) is 19.1 Å². The Morgan fingerprint density at radius 2 is 2.19 bits per heavy atom. The lowest BCUT2D eigenvalue weighted by atomic mass is 10.2. The third-order valence-corrected chi connectivity index (χ3v) is 2.13. The number of amides is 1. The standard InChI is InChI=1S/C11H12N4O/c1-8-3-4-9(7-12-8)11(16)13-10-5-6-15(2)14-10/h3-7H,1-2H3,(H,13,14,16). The number of pyridine rings is 1. The van der Waals surface area contributed by atoms with E-state index < -0.39 is 0 Å². The van der Waals surface area contributed by atoms with Crippen LogP contribution in [0.4, 0.5) is 5.82 Å². The quantitative estimate of drug-likeness (QED) is 0.824. The van der Waals surface area contributed by atoms with Crippen molar-refractivity contribution in [2.75, 3.05) is 5.32 Å². The number of nitrogens with zero attached hydrogens (tertiary/aromatic N) is 3. The molecule has 0 saturated carbocycles. The van der Waals surface area contributed by atoms with Crippen LogP contribution >= 0.6 is 0 Å². The third kappa shape index (κ3) is 2.25. The molecule has 1 N–H and O–H groups in total. The molecule has 0 aliphatic rings. The van der Waals surface area contributed by atoms with E-state index in [4.69, 9.17) is 0 Å². The van der Waals surface area contributed by atoms with Crippen LogP contribution in [0.5, 0.6) is 0 Å². The predicted molar refractivity (Wildman–Crippen MR) is 60.1 cm³/mol. The molecule has 0 fully saturated rings. The molecule has 2 aromatic heterocycles. The summed E-state index contributed by atoms with van der Waals surface area (Å²) in [6, 6.07) is 5.27. The lowest BCUT2D eigenvalue weighted by Crippen LogP contribution is -2.12. The Bertz CT molecular complexity index is 501. The molecule has 0 aromatic carbocycles. The number of hydrogen-bond acceptors (Lipinski definition) is 3. The fourth-order valence-electron chi connectivity index (χ4n) is 1.27. The van der Waals surface area contributed by atoms with Crippen LogP contribution in [-0.4, -0.2) is 20.7 Å². The summed E-state index contributed by atoms with van der Waals surface area (Å²) in [7, 11) is 1.79. The minimum atomic E-state index is -0.203. The molecule has 16 heavy (non-hydrogen) atoms. The minimum absolute atomic E-state index is 0.203. The smallest absolute Gasteiger partial charge is 0.258 e. The van der Waals surface area contributed by atoms with E-state index in [9.17, 15) is 4.79 Å². The van der Waals surface area contributed by atoms with Crippen LogP contribution in [0, 0.1) is 6.92 Å². The zero-order chi connectivity index (χ0) is 11.5. The molecule has 0 unspecified atom stereocenters. The van der Waals surface area contributed by atoms with Crippen molar-refractivity contribution in [3.8, 4) is 0 Å². The van der Waals surface area contributed by atoms with Gasteiger partial charge in [0.1, 0.15) is 0 Å². The number of carbonyl (C=O) groups is 1. The van der Waals surface area contributed by atoms with Gasteiger partial charge in [-0.1, -0.05) is 0 Å². The molecule has 1 amide bonds. The molecule has 0 bridgehead atoms. The number of anilines is 1. The molecule has 0 spiro atoms. The van der Waals surface area contributed by atoms with Gasteiger partial charge in [0.25, 0.3) is 5.91 Å². The predicted octanol–water partition coefficient (Wildman–Crippen LogP) is 1.38. The lowest BCUT2D eigenvalue weighted by Gasteiger charge is -2.01. The number of carbonyl (C=O) groups excluding carboxylic acids is 1. The fraction of sp³-hybridized carbons (Fsp3) is 0.182. The maximum Gasteiger partial charge on any atom is 0.258 e. The SMILES string of the molecule is Cc1ccc(C(=O)Nc2ccn(C)n2)cn1. The van der Waals surface area contributed by atoms with Crippen LogP contribution in [-0.2, 0) is 7.05 Å². The Morgan fingerprint density at radius 3 is 2.75 bits per heavy atom. The fourth-order valence-corrected chi connectivity index (χ4v) is 1.27. The second kappa shape index (κ2) is 4.14. The van der Waals surface area contributed by atoms with Gasteiger partial charge in [0.15, 0.2) is 5.82 Å². The summed E-state index contributed by atoms with van der Waals surface area (Å²) in [6.07, 6.45) is 3.32. The van der Waals surface area contributed by atoms with Gasteiger partial charge in [-0.15, -0.1) is 0 Å². The van der Waals surface area contributed by atoms with Gasteiger partial charge in [-0.2, -0.15) is 5.10 Å². The van der Waals surface area contributed by atoms with Gasteiger partial charge in [-0.25, -0.2) is 0 Å². The monoisotopic (exact) mass is 216 g/mol. The Morgan fingerprint density at radius 1 is 1.38 bits per heavy atom. The molecule has 2 aromatic rings. The van der Waals surface area contributed by atoms with Gasteiger partial charge in [-0.3, -0.25) is 14.5 Å². The van der Waals surface area contributed by atoms with E-state index in [0.29, 0.717) is 11.4 Å². The summed E-state index contributed by atoms with van der Waals surface area (Å²) in [5, 5.41) is 6.75. The molecule has 5 heteroatoms. The first-order chi connectivity index (χ1) is 7.65. The first kappa shape index (κ1) is 10.4. The summed E-state index contributed by atoms with van der Waals surface area (Å²) < 4.78 is 1.63. The van der Waals surface area contributed by atoms with E-state index in [1.165, 1.54) is 0 Å². The van der Waals surface area contributed by atoms with Crippen LogP contribution in [0.2, 0.25) is 0 Å². The molecule has 5 nitrogen and oxygen atoms in total. The van der Waals surface area contributed by atoms with Gasteiger partial charge in [0.2, 0.25) is 0 Å². The highest BCUT2D eigenvalue weighted by Gasteiger charge is 2.07. The highest BCUT2D eigenvalue weighted by atomic mass is 16.1. The van der Waals surface area contributed by atoms with Gasteiger partial charge in [0.05, 0.1) is 5.56 Å². The Kier molecular flexibility index (Phi) is 2.68. The summed E-state index contributed by atoms with van der Waals surface area (Å²) >= 11 is 0. The molecule has 0 atom stereocenters. The summed E-state index contributed by atoms with van der Waals surface area (Å²) in [5.41, 5.74) is 1.41. The van der Waals surface area contributed by atoms with E-state index in [1.54, 1.807) is 42.3 Å². The molecular formula is C11H12N4O. The number of aromatic nitrogens is 3. The van der Waals surface area contributed by atoms with E-state index in [2.05, 4.69) is 15.4 Å². The largest absolute Gasteiger partial charge is 0.305 e. The van der Waals surface area contributed by atoms with Crippen LogP contribution in [0.3, 0.4) is 0 Å². The Hall–Kier alpha value is -2.17. The second-order valence-corrected chi connectivity index (χ2v) is 3.52. The topological polar surface area (TPSA) is 59.8 Å². The van der Waals surface area contributed by atoms with E-state index >= 15 is 0 Å². The summed E-state index contributed by atoms with van der Waals surface area (Å²) in [5.74, 6) is 0.333. The van der Waals surface area contributed by atoms with Crippen LogP contribution in [0.15, 0.2) is 30.6 Å². The van der Waals surface area contributed by atoms with E-state index in [-0.39, 0.29) is 5.91 Å². The Balaban J connectivity index is 2.11. The number of rotatable bonds is 2. The molecule has 2 rings (SSSR count). The summed E-state index contributed by atoms with van der Waals surface area (Å²) in [6.45, 7) is 1.88. The third-order valence-electron chi connectivity index (χ3n) is 2.13. The highest BCUT2D eigenvalue weighted by molar-refractivity contribution is 6.03. The maximum atomic E-state index is 11.7. The second-order valence-electron chi connectivity index (χ2n) is 3.52. The van der Waals surface area contributed by atoms with E-state index in [0.717, 1.165) is 5.69 Å². The number of hydrogen-bond donors (Lipinski definition) is 1. The van der Waals surface area contributed by atoms with Gasteiger partial charge >= 0.3 is 0 Å². The zero-order valence-electron chi connectivity index (χ0n) is 9.14. The molecule has 0 aliphatic heterocycles. The van der Waals surface area contributed by atoms with Gasteiger partial charge in [0, 0.05) is 31.2 Å². The lowest BCUT2D eigenvalue weighted by molar-refractivity contribution is 0.102. The average Bonchev–Trinajstić information content (AvgIpc) is 2.65. The molecule has 2 heterocycles. The first-order valence-corrected chi connectivity index (χ1v) is 4.89. The van der Waals surface area contributed by atoms with Crippen LogP contribution < -0.4 is 5.32 Å². The normalized spacial score (nSPS) is 10.1. The highest BCUT2D eigenvalue weighted by Crippen LogP contribution is 2.05. The van der Waals surface area contributed by atoms with Crippen LogP contribution in [0.25, 0.3) is 0 Å². The maximum absolute atomic E-state index is 11.7. The molecular weight excluding hydrogens is 204 g/mol. The number of nitrogens with one attached hydrogen (secondary N) is 1. The van der Waals surface area contributed by atoms with Crippen molar-refractivity contribution >= 4 is 11.7 Å². The number of aryl methyl sites for hydroxylation is 2. The van der Waals surface area contributed by atoms with Crippen molar-refractivity contribution in [3.05, 3.63) is 41.9 Å². The van der Waals surface area contributed by atoms with Crippen molar-refractivity contribution in [1.29, 1.82) is 0 Å². The molecule has 0 saturated heterocycles. The average molecular weight is 216 g/mol. The molecule has 0 aliphatic carbocycles. The van der Waals surface area contributed by atoms with Crippen molar-refractivity contribution < 1.29 is 4.79 Å². The van der Waals surface area contributed by atoms with E-state index in [1.807, 2.05) is 6.92 Å². The Labute approximate surface area is 93.1 Å². The van der Waals surface area contributed by atoms with Crippen molar-refractivity contribution in [2.24, 2.45) is 7.05 Å². The van der Waals surface area contributed by atoms with Crippen molar-refractivity contribution in [3.63, 3.8) is 0 Å². The van der Waals surface area contributed by atoms with Crippen molar-refractivity contribution in [2.45, 2.75) is 6.92 Å². The van der Waals surface area contributed by atoms with Gasteiger partial charge < -0.3 is 5.32 Å². The minimum Gasteiger partial charge on any atom is -0.305 e. The van der Waals surface area contributed by atoms with Crippen molar-refractivity contribution in [1.82, 2.24) is 14.8 Å². The summed E-state index contributed by atoms with van der Waals surface area (Å²) in [4.78, 5) is 15.8.